The van der Waals surface area contributed by atoms with Gasteiger partial charge in [0.05, 0.1) is 19.3 Å². The predicted molar refractivity (Wildman–Crippen MR) is 58.2 cm³/mol. The molecule has 1 unspecified atom stereocenters. The molecule has 1 atom stereocenters. The van der Waals surface area contributed by atoms with Crippen molar-refractivity contribution in [2.75, 3.05) is 19.5 Å². The van der Waals surface area contributed by atoms with E-state index in [1.54, 1.807) is 0 Å². The Kier molecular flexibility index (Phi) is 5.23. The Balaban J connectivity index is 1.98. The Morgan fingerprint density at radius 3 is 2.79 bits per heavy atom. The van der Waals surface area contributed by atoms with Gasteiger partial charge < -0.3 is 13.7 Å². The lowest BCUT2D eigenvalue weighted by atomic mass is 10.2. The molecule has 0 saturated carbocycles. The predicted octanol–water partition coefficient (Wildman–Crippen LogP) is 2.60. The van der Waals surface area contributed by atoms with Crippen LogP contribution >= 0.6 is 12.0 Å². The minimum absolute atomic E-state index is 0.277. The third-order valence-electron chi connectivity index (χ3n) is 2.19. The highest BCUT2D eigenvalue weighted by Crippen LogP contribution is 2.25. The standard InChI is InChI=1S/C10H20O3S/c1-10(2)11-8-9(13-10)6-4-5-7-12-14-3/h9H,4-8H2,1-3H3. The molecule has 0 radical (unpaired) electrons. The summed E-state index contributed by atoms with van der Waals surface area (Å²) in [5, 5.41) is 0. The Morgan fingerprint density at radius 2 is 2.21 bits per heavy atom. The molecule has 1 aliphatic rings. The van der Waals surface area contributed by atoms with Crippen molar-refractivity contribution in [1.29, 1.82) is 0 Å². The third kappa shape index (κ3) is 4.64. The monoisotopic (exact) mass is 220 g/mol. The minimum Gasteiger partial charge on any atom is -0.348 e. The van der Waals surface area contributed by atoms with Gasteiger partial charge in [-0.05, 0) is 45.2 Å². The molecule has 0 aromatic heterocycles. The summed E-state index contributed by atoms with van der Waals surface area (Å²) in [7, 11) is 0. The van der Waals surface area contributed by atoms with E-state index in [9.17, 15) is 0 Å². The van der Waals surface area contributed by atoms with Crippen LogP contribution in [-0.2, 0) is 13.7 Å². The van der Waals surface area contributed by atoms with Crippen LogP contribution in [0.1, 0.15) is 33.1 Å². The van der Waals surface area contributed by atoms with Crippen LogP contribution in [0, 0.1) is 0 Å². The highest BCUT2D eigenvalue weighted by atomic mass is 32.2. The summed E-state index contributed by atoms with van der Waals surface area (Å²) in [6, 6.07) is 0. The molecule has 14 heavy (non-hydrogen) atoms. The largest absolute Gasteiger partial charge is 0.348 e. The van der Waals surface area contributed by atoms with Crippen LogP contribution in [-0.4, -0.2) is 31.4 Å². The van der Waals surface area contributed by atoms with E-state index in [2.05, 4.69) is 0 Å². The lowest BCUT2D eigenvalue weighted by Gasteiger charge is -2.16. The normalized spacial score (nSPS) is 25.5. The highest BCUT2D eigenvalue weighted by molar-refractivity contribution is 7.93. The van der Waals surface area contributed by atoms with Gasteiger partial charge in [-0.1, -0.05) is 0 Å². The van der Waals surface area contributed by atoms with Gasteiger partial charge in [0.2, 0.25) is 0 Å². The topological polar surface area (TPSA) is 27.7 Å². The Labute approximate surface area is 90.7 Å². The van der Waals surface area contributed by atoms with E-state index in [-0.39, 0.29) is 11.9 Å². The SMILES string of the molecule is CSOCCCCC1COC(C)(C)O1. The van der Waals surface area contributed by atoms with E-state index in [4.69, 9.17) is 13.7 Å². The zero-order chi connectivity index (χ0) is 10.4. The van der Waals surface area contributed by atoms with Crippen molar-refractivity contribution >= 4 is 12.0 Å². The van der Waals surface area contributed by atoms with Crippen LogP contribution in [0.4, 0.5) is 0 Å². The number of rotatable bonds is 6. The first kappa shape index (κ1) is 12.3. The fourth-order valence-electron chi connectivity index (χ4n) is 1.52. The maximum atomic E-state index is 5.69. The highest BCUT2D eigenvalue weighted by Gasteiger charge is 2.31. The molecule has 0 spiro atoms. The molecule has 1 rings (SSSR count). The molecule has 3 nitrogen and oxygen atoms in total. The van der Waals surface area contributed by atoms with Crippen molar-refractivity contribution in [3.8, 4) is 0 Å². The van der Waals surface area contributed by atoms with Crippen molar-refractivity contribution in [2.24, 2.45) is 0 Å². The van der Waals surface area contributed by atoms with E-state index >= 15 is 0 Å². The second-order valence-corrected chi connectivity index (χ2v) is 4.50. The van der Waals surface area contributed by atoms with E-state index in [1.807, 2.05) is 20.1 Å². The fourth-order valence-corrected chi connectivity index (χ4v) is 1.81. The van der Waals surface area contributed by atoms with E-state index in [0.717, 1.165) is 32.5 Å². The molecular formula is C10H20O3S. The van der Waals surface area contributed by atoms with Gasteiger partial charge in [0, 0.05) is 6.26 Å². The summed E-state index contributed by atoms with van der Waals surface area (Å²) in [6.45, 7) is 5.49. The van der Waals surface area contributed by atoms with Gasteiger partial charge in [-0.3, -0.25) is 0 Å². The number of hydrogen-bond donors (Lipinski definition) is 0. The molecule has 4 heteroatoms. The molecule has 0 aromatic carbocycles. The Bertz CT molecular complexity index is 161. The van der Waals surface area contributed by atoms with Crippen molar-refractivity contribution in [3.63, 3.8) is 0 Å². The van der Waals surface area contributed by atoms with Crippen molar-refractivity contribution in [3.05, 3.63) is 0 Å². The van der Waals surface area contributed by atoms with Crippen molar-refractivity contribution in [1.82, 2.24) is 0 Å². The first-order valence-electron chi connectivity index (χ1n) is 5.11. The summed E-state index contributed by atoms with van der Waals surface area (Å²) in [4.78, 5) is 0. The second-order valence-electron chi connectivity index (χ2n) is 3.94. The second kappa shape index (κ2) is 5.95. The summed E-state index contributed by atoms with van der Waals surface area (Å²) in [5.41, 5.74) is 0. The molecular weight excluding hydrogens is 200 g/mol. The molecule has 1 heterocycles. The molecule has 0 amide bonds. The first-order chi connectivity index (χ1) is 6.64. The lowest BCUT2D eigenvalue weighted by Crippen LogP contribution is -2.21. The van der Waals surface area contributed by atoms with Gasteiger partial charge in [0.15, 0.2) is 5.79 Å². The summed E-state index contributed by atoms with van der Waals surface area (Å²) in [5.74, 6) is -0.375. The van der Waals surface area contributed by atoms with E-state index in [0.29, 0.717) is 0 Å². The zero-order valence-electron chi connectivity index (χ0n) is 9.25. The molecule has 0 aliphatic carbocycles. The molecule has 84 valence electrons. The molecule has 1 saturated heterocycles. The lowest BCUT2D eigenvalue weighted by molar-refractivity contribution is -0.139. The smallest absolute Gasteiger partial charge is 0.163 e. The van der Waals surface area contributed by atoms with Crippen LogP contribution in [0.2, 0.25) is 0 Å². The van der Waals surface area contributed by atoms with E-state index in [1.165, 1.54) is 12.0 Å². The quantitative estimate of drug-likeness (QED) is 0.508. The maximum Gasteiger partial charge on any atom is 0.163 e. The van der Waals surface area contributed by atoms with Gasteiger partial charge in [-0.15, -0.1) is 0 Å². The first-order valence-corrected chi connectivity index (χ1v) is 6.26. The summed E-state index contributed by atoms with van der Waals surface area (Å²) < 4.78 is 16.3. The molecule has 1 aliphatic heterocycles. The zero-order valence-corrected chi connectivity index (χ0v) is 10.1. The van der Waals surface area contributed by atoms with Gasteiger partial charge >= 0.3 is 0 Å². The average Bonchev–Trinajstić information content (AvgIpc) is 2.45. The van der Waals surface area contributed by atoms with Gasteiger partial charge in [0.1, 0.15) is 0 Å². The third-order valence-corrected chi connectivity index (χ3v) is 2.59. The van der Waals surface area contributed by atoms with Crippen LogP contribution in [0.5, 0.6) is 0 Å². The molecule has 0 aromatic rings. The van der Waals surface area contributed by atoms with E-state index < -0.39 is 0 Å². The van der Waals surface area contributed by atoms with Crippen LogP contribution in [0.25, 0.3) is 0 Å². The van der Waals surface area contributed by atoms with Crippen molar-refractivity contribution in [2.45, 2.75) is 45.0 Å². The average molecular weight is 220 g/mol. The number of unbranched alkanes of at least 4 members (excludes halogenated alkanes) is 1. The number of hydrogen-bond acceptors (Lipinski definition) is 4. The van der Waals surface area contributed by atoms with Crippen LogP contribution in [0.15, 0.2) is 0 Å². The van der Waals surface area contributed by atoms with Gasteiger partial charge in [-0.2, -0.15) is 0 Å². The Hall–Kier alpha value is 0.230. The molecule has 0 bridgehead atoms. The number of ether oxygens (including phenoxy) is 2. The van der Waals surface area contributed by atoms with Gasteiger partial charge in [-0.25, -0.2) is 0 Å². The van der Waals surface area contributed by atoms with Gasteiger partial charge in [0.25, 0.3) is 0 Å². The van der Waals surface area contributed by atoms with Crippen molar-refractivity contribution < 1.29 is 13.7 Å². The molecule has 1 fully saturated rings. The van der Waals surface area contributed by atoms with Crippen LogP contribution in [0.3, 0.4) is 0 Å². The minimum atomic E-state index is -0.375. The summed E-state index contributed by atoms with van der Waals surface area (Å²) in [6.07, 6.45) is 5.53. The maximum absolute atomic E-state index is 5.69. The summed E-state index contributed by atoms with van der Waals surface area (Å²) >= 11 is 1.43. The Morgan fingerprint density at radius 1 is 1.43 bits per heavy atom. The fraction of sp³-hybridized carbons (Fsp3) is 1.00. The van der Waals surface area contributed by atoms with Crippen LogP contribution < -0.4 is 0 Å². The molecule has 0 N–H and O–H groups in total.